The van der Waals surface area contributed by atoms with E-state index in [1.807, 2.05) is 0 Å². The van der Waals surface area contributed by atoms with Gasteiger partial charge in [-0.3, -0.25) is 0 Å². The quantitative estimate of drug-likeness (QED) is 0.748. The Bertz CT molecular complexity index is 317. The fraction of sp³-hybridized carbons (Fsp3) is 0.700. The van der Waals surface area contributed by atoms with Crippen molar-refractivity contribution in [2.24, 2.45) is 5.41 Å². The predicted octanol–water partition coefficient (Wildman–Crippen LogP) is 2.15. The van der Waals surface area contributed by atoms with Crippen molar-refractivity contribution in [3.05, 3.63) is 15.6 Å². The minimum atomic E-state index is 0.0953. The molecule has 0 aliphatic heterocycles. The van der Waals surface area contributed by atoms with Crippen LogP contribution in [0.4, 0.5) is 0 Å². The molecule has 0 atom stereocenters. The van der Waals surface area contributed by atoms with Gasteiger partial charge < -0.3 is 5.11 Å². The molecule has 0 spiro atoms. The van der Waals surface area contributed by atoms with E-state index >= 15 is 0 Å². The SMILES string of the molecule is CC1(C)CCc2nc(CO)sc2C1. The average Bonchev–Trinajstić information content (AvgIpc) is 2.44. The zero-order chi connectivity index (χ0) is 9.47. The summed E-state index contributed by atoms with van der Waals surface area (Å²) >= 11 is 1.68. The van der Waals surface area contributed by atoms with Crippen molar-refractivity contribution in [1.29, 1.82) is 0 Å². The first-order valence-corrected chi connectivity index (χ1v) is 5.51. The highest BCUT2D eigenvalue weighted by atomic mass is 32.1. The molecule has 1 aromatic heterocycles. The van der Waals surface area contributed by atoms with E-state index in [2.05, 4.69) is 18.8 Å². The molecule has 0 amide bonds. The molecule has 1 aromatic rings. The lowest BCUT2D eigenvalue weighted by Crippen LogP contribution is -2.20. The van der Waals surface area contributed by atoms with E-state index in [0.717, 1.165) is 17.8 Å². The number of fused-ring (bicyclic) bond motifs is 1. The molecule has 1 heterocycles. The highest BCUT2D eigenvalue weighted by Crippen LogP contribution is 2.37. The van der Waals surface area contributed by atoms with Gasteiger partial charge in [-0.05, 0) is 24.7 Å². The summed E-state index contributed by atoms with van der Waals surface area (Å²) in [6, 6.07) is 0. The second-order valence-electron chi connectivity index (χ2n) is 4.48. The van der Waals surface area contributed by atoms with Crippen LogP contribution in [-0.2, 0) is 19.4 Å². The maximum atomic E-state index is 8.96. The first-order valence-electron chi connectivity index (χ1n) is 4.69. The molecule has 0 aromatic carbocycles. The molecule has 13 heavy (non-hydrogen) atoms. The Morgan fingerprint density at radius 1 is 1.54 bits per heavy atom. The molecule has 1 N–H and O–H groups in total. The molecule has 2 nitrogen and oxygen atoms in total. The Morgan fingerprint density at radius 3 is 3.00 bits per heavy atom. The Balaban J connectivity index is 2.30. The molecule has 0 saturated heterocycles. The zero-order valence-corrected chi connectivity index (χ0v) is 8.95. The van der Waals surface area contributed by atoms with Gasteiger partial charge in [0.15, 0.2) is 0 Å². The van der Waals surface area contributed by atoms with Gasteiger partial charge >= 0.3 is 0 Å². The number of aliphatic hydroxyl groups is 1. The maximum absolute atomic E-state index is 8.96. The van der Waals surface area contributed by atoms with Crippen LogP contribution in [0.25, 0.3) is 0 Å². The number of thiazole rings is 1. The molecular formula is C10H15NOS. The number of hydrogen-bond donors (Lipinski definition) is 1. The first kappa shape index (κ1) is 9.16. The van der Waals surface area contributed by atoms with E-state index in [9.17, 15) is 0 Å². The Hall–Kier alpha value is -0.410. The van der Waals surface area contributed by atoms with Gasteiger partial charge in [0, 0.05) is 4.88 Å². The third kappa shape index (κ3) is 1.76. The van der Waals surface area contributed by atoms with Gasteiger partial charge in [0.2, 0.25) is 0 Å². The molecule has 0 bridgehead atoms. The number of rotatable bonds is 1. The molecule has 1 aliphatic carbocycles. The van der Waals surface area contributed by atoms with Crippen molar-refractivity contribution in [1.82, 2.24) is 4.98 Å². The van der Waals surface area contributed by atoms with Crippen molar-refractivity contribution in [2.45, 2.75) is 39.7 Å². The van der Waals surface area contributed by atoms with Crippen LogP contribution in [0.1, 0.15) is 35.8 Å². The fourth-order valence-corrected chi connectivity index (χ4v) is 3.05. The standard InChI is InChI=1S/C10H15NOS/c1-10(2)4-3-7-8(5-10)13-9(6-12)11-7/h12H,3-6H2,1-2H3. The van der Waals surface area contributed by atoms with E-state index in [1.54, 1.807) is 11.3 Å². The van der Waals surface area contributed by atoms with Gasteiger partial charge in [-0.2, -0.15) is 0 Å². The third-order valence-electron chi connectivity index (χ3n) is 2.64. The van der Waals surface area contributed by atoms with E-state index in [1.165, 1.54) is 17.0 Å². The van der Waals surface area contributed by atoms with Crippen molar-refractivity contribution in [3.8, 4) is 0 Å². The number of aliphatic hydroxyl groups excluding tert-OH is 1. The van der Waals surface area contributed by atoms with E-state index < -0.39 is 0 Å². The van der Waals surface area contributed by atoms with Crippen LogP contribution in [0.3, 0.4) is 0 Å². The third-order valence-corrected chi connectivity index (χ3v) is 3.72. The smallest absolute Gasteiger partial charge is 0.119 e. The van der Waals surface area contributed by atoms with Crippen LogP contribution in [0.2, 0.25) is 0 Å². The number of aryl methyl sites for hydroxylation is 1. The van der Waals surface area contributed by atoms with Crippen LogP contribution in [0, 0.1) is 5.41 Å². The Morgan fingerprint density at radius 2 is 2.31 bits per heavy atom. The number of hydrogen-bond acceptors (Lipinski definition) is 3. The number of nitrogens with zero attached hydrogens (tertiary/aromatic N) is 1. The second kappa shape index (κ2) is 3.07. The van der Waals surface area contributed by atoms with E-state index in [-0.39, 0.29) is 6.61 Å². The minimum absolute atomic E-state index is 0.0953. The van der Waals surface area contributed by atoms with Crippen molar-refractivity contribution in [3.63, 3.8) is 0 Å². The molecule has 0 unspecified atom stereocenters. The fourth-order valence-electron chi connectivity index (χ4n) is 1.82. The molecule has 0 saturated carbocycles. The highest BCUT2D eigenvalue weighted by Gasteiger charge is 2.27. The van der Waals surface area contributed by atoms with E-state index in [0.29, 0.717) is 5.41 Å². The second-order valence-corrected chi connectivity index (χ2v) is 5.64. The molecule has 72 valence electrons. The van der Waals surface area contributed by atoms with Crippen molar-refractivity contribution >= 4 is 11.3 Å². The van der Waals surface area contributed by atoms with Crippen LogP contribution in [-0.4, -0.2) is 10.1 Å². The molecule has 3 heteroatoms. The summed E-state index contributed by atoms with van der Waals surface area (Å²) < 4.78 is 0. The Labute approximate surface area is 82.6 Å². The highest BCUT2D eigenvalue weighted by molar-refractivity contribution is 7.11. The summed E-state index contributed by atoms with van der Waals surface area (Å²) in [5.74, 6) is 0. The maximum Gasteiger partial charge on any atom is 0.119 e. The molecule has 0 radical (unpaired) electrons. The monoisotopic (exact) mass is 197 g/mol. The lowest BCUT2D eigenvalue weighted by atomic mass is 9.79. The van der Waals surface area contributed by atoms with Crippen molar-refractivity contribution < 1.29 is 5.11 Å². The molecule has 0 fully saturated rings. The summed E-state index contributed by atoms with van der Waals surface area (Å²) in [5, 5.41) is 9.84. The molecular weight excluding hydrogens is 182 g/mol. The van der Waals surface area contributed by atoms with E-state index in [4.69, 9.17) is 5.11 Å². The van der Waals surface area contributed by atoms with Gasteiger partial charge in [-0.1, -0.05) is 13.8 Å². The van der Waals surface area contributed by atoms with Gasteiger partial charge in [0.05, 0.1) is 12.3 Å². The zero-order valence-electron chi connectivity index (χ0n) is 8.13. The van der Waals surface area contributed by atoms with Gasteiger partial charge in [-0.25, -0.2) is 4.98 Å². The van der Waals surface area contributed by atoms with Crippen LogP contribution >= 0.6 is 11.3 Å². The Kier molecular flexibility index (Phi) is 2.16. The van der Waals surface area contributed by atoms with Gasteiger partial charge in [0.1, 0.15) is 5.01 Å². The van der Waals surface area contributed by atoms with Crippen molar-refractivity contribution in [2.75, 3.05) is 0 Å². The molecule has 1 aliphatic rings. The summed E-state index contributed by atoms with van der Waals surface area (Å²) in [7, 11) is 0. The average molecular weight is 197 g/mol. The van der Waals surface area contributed by atoms with Crippen LogP contribution in [0.15, 0.2) is 0 Å². The minimum Gasteiger partial charge on any atom is -0.389 e. The van der Waals surface area contributed by atoms with Crippen LogP contribution in [0.5, 0.6) is 0 Å². The largest absolute Gasteiger partial charge is 0.389 e. The van der Waals surface area contributed by atoms with Crippen LogP contribution < -0.4 is 0 Å². The summed E-state index contributed by atoms with van der Waals surface area (Å²) in [6.45, 7) is 4.70. The lowest BCUT2D eigenvalue weighted by Gasteiger charge is -2.28. The van der Waals surface area contributed by atoms with Gasteiger partial charge in [0.25, 0.3) is 0 Å². The molecule has 2 rings (SSSR count). The summed E-state index contributed by atoms with van der Waals surface area (Å²) in [4.78, 5) is 5.79. The normalized spacial score (nSPS) is 19.9. The first-order chi connectivity index (χ1) is 6.11. The summed E-state index contributed by atoms with van der Waals surface area (Å²) in [5.41, 5.74) is 1.65. The predicted molar refractivity (Wildman–Crippen MR) is 53.8 cm³/mol. The summed E-state index contributed by atoms with van der Waals surface area (Å²) in [6.07, 6.45) is 3.42. The van der Waals surface area contributed by atoms with Gasteiger partial charge in [-0.15, -0.1) is 11.3 Å². The topological polar surface area (TPSA) is 33.1 Å². The lowest BCUT2D eigenvalue weighted by molar-refractivity contribution is 0.280. The number of aromatic nitrogens is 1.